The summed E-state index contributed by atoms with van der Waals surface area (Å²) in [6.07, 6.45) is -1.54. The summed E-state index contributed by atoms with van der Waals surface area (Å²) in [7, 11) is -3.90. The minimum Gasteiger partial charge on any atom is -0.309 e. The molecule has 1 N–H and O–H groups in total. The van der Waals surface area contributed by atoms with E-state index in [4.69, 9.17) is 0 Å². The van der Waals surface area contributed by atoms with Gasteiger partial charge in [-0.05, 0) is 38.8 Å². The molecule has 1 aromatic heterocycles. The zero-order chi connectivity index (χ0) is 18.9. The maximum atomic E-state index is 12.7. The maximum Gasteiger partial charge on any atom is 0.417 e. The van der Waals surface area contributed by atoms with Gasteiger partial charge in [0.2, 0.25) is 15.9 Å². The molecule has 0 bridgehead atoms. The molecule has 6 nitrogen and oxygen atoms in total. The molecule has 2 rings (SSSR count). The number of carbonyl (C=O) groups is 1. The third-order valence-corrected chi connectivity index (χ3v) is 6.70. The van der Waals surface area contributed by atoms with E-state index >= 15 is 0 Å². The summed E-state index contributed by atoms with van der Waals surface area (Å²) in [4.78, 5) is 16.0. The number of pyridine rings is 1. The fourth-order valence-corrected chi connectivity index (χ4v) is 4.12. The lowest BCUT2D eigenvalue weighted by molar-refractivity contribution is -0.137. The Hall–Kier alpha value is -1.68. The predicted octanol–water partition coefficient (Wildman–Crippen LogP) is 2.63. The van der Waals surface area contributed by atoms with Gasteiger partial charge in [0.25, 0.3) is 0 Å². The van der Waals surface area contributed by atoms with Crippen LogP contribution in [-0.2, 0) is 21.0 Å². The zero-order valence-electron chi connectivity index (χ0n) is 13.9. The molecule has 0 saturated carbocycles. The Bertz CT molecular complexity index is 725. The topological polar surface area (TPSA) is 79.4 Å². The molecule has 0 radical (unpaired) electrons. The summed E-state index contributed by atoms with van der Waals surface area (Å²) in [5.41, 5.74) is -0.953. The van der Waals surface area contributed by atoms with Gasteiger partial charge in [-0.25, -0.2) is 17.7 Å². The summed E-state index contributed by atoms with van der Waals surface area (Å²) in [6, 6.07) is 1.76. The Balaban J connectivity index is 2.15. The second kappa shape index (κ2) is 6.91. The number of aromatic nitrogens is 1. The van der Waals surface area contributed by atoms with Gasteiger partial charge in [-0.3, -0.25) is 4.79 Å². The van der Waals surface area contributed by atoms with Crippen LogP contribution in [0.4, 0.5) is 19.0 Å². The number of piperidine rings is 1. The zero-order valence-corrected chi connectivity index (χ0v) is 14.7. The minimum absolute atomic E-state index is 0.139. The van der Waals surface area contributed by atoms with Gasteiger partial charge < -0.3 is 5.32 Å². The van der Waals surface area contributed by atoms with Crippen LogP contribution < -0.4 is 5.32 Å². The van der Waals surface area contributed by atoms with Crippen molar-refractivity contribution in [2.75, 3.05) is 18.4 Å². The highest BCUT2D eigenvalue weighted by atomic mass is 32.2. The molecule has 1 fully saturated rings. The third kappa shape index (κ3) is 4.12. The molecule has 0 spiro atoms. The lowest BCUT2D eigenvalue weighted by atomic mass is 10.2. The van der Waals surface area contributed by atoms with E-state index in [1.54, 1.807) is 0 Å². The molecule has 1 saturated heterocycles. The molecule has 1 aliphatic heterocycles. The van der Waals surface area contributed by atoms with Gasteiger partial charge in [0.1, 0.15) is 5.82 Å². The minimum atomic E-state index is -4.54. The Kier molecular flexibility index (Phi) is 5.43. The molecule has 0 aliphatic carbocycles. The van der Waals surface area contributed by atoms with Crippen LogP contribution in [-0.4, -0.2) is 41.5 Å². The van der Waals surface area contributed by atoms with Crippen LogP contribution in [0.2, 0.25) is 0 Å². The largest absolute Gasteiger partial charge is 0.417 e. The van der Waals surface area contributed by atoms with Crippen molar-refractivity contribution in [3.8, 4) is 0 Å². The number of carbonyl (C=O) groups excluding carboxylic acids is 1. The summed E-state index contributed by atoms with van der Waals surface area (Å²) < 4.78 is 62.5. The van der Waals surface area contributed by atoms with Gasteiger partial charge in [0, 0.05) is 19.3 Å². The first-order valence-electron chi connectivity index (χ1n) is 7.80. The van der Waals surface area contributed by atoms with Crippen LogP contribution in [0.25, 0.3) is 0 Å². The Morgan fingerprint density at radius 2 is 1.76 bits per heavy atom. The lowest BCUT2D eigenvalue weighted by Gasteiger charge is -2.33. The van der Waals surface area contributed by atoms with E-state index in [1.807, 2.05) is 0 Å². The molecular weight excluding hydrogens is 359 g/mol. The van der Waals surface area contributed by atoms with E-state index in [9.17, 15) is 26.4 Å². The van der Waals surface area contributed by atoms with E-state index in [0.717, 1.165) is 31.4 Å². The fraction of sp³-hybridized carbons (Fsp3) is 0.600. The predicted molar refractivity (Wildman–Crippen MR) is 86.3 cm³/mol. The lowest BCUT2D eigenvalue weighted by Crippen LogP contribution is -2.53. The number of hydrogen-bond donors (Lipinski definition) is 1. The first kappa shape index (κ1) is 19.6. The number of amides is 1. The van der Waals surface area contributed by atoms with Crippen LogP contribution in [0, 0.1) is 0 Å². The number of sulfonamides is 1. The first-order valence-corrected chi connectivity index (χ1v) is 9.24. The highest BCUT2D eigenvalue weighted by Crippen LogP contribution is 2.29. The van der Waals surface area contributed by atoms with Crippen molar-refractivity contribution in [1.29, 1.82) is 0 Å². The molecule has 1 aliphatic rings. The average Bonchev–Trinajstić information content (AvgIpc) is 2.55. The number of nitrogens with zero attached hydrogens (tertiary/aromatic N) is 2. The second-order valence-corrected chi connectivity index (χ2v) is 8.85. The number of alkyl halides is 3. The van der Waals surface area contributed by atoms with Gasteiger partial charge in [0.05, 0.1) is 5.56 Å². The van der Waals surface area contributed by atoms with E-state index in [2.05, 4.69) is 10.3 Å². The van der Waals surface area contributed by atoms with Crippen molar-refractivity contribution in [3.63, 3.8) is 0 Å². The maximum absolute atomic E-state index is 12.7. The van der Waals surface area contributed by atoms with Crippen molar-refractivity contribution < 1.29 is 26.4 Å². The second-order valence-electron chi connectivity index (χ2n) is 6.36. The van der Waals surface area contributed by atoms with E-state index < -0.39 is 32.4 Å². The number of hydrogen-bond acceptors (Lipinski definition) is 4. The van der Waals surface area contributed by atoms with Crippen LogP contribution in [0.5, 0.6) is 0 Å². The Morgan fingerprint density at radius 1 is 1.16 bits per heavy atom. The van der Waals surface area contributed by atoms with Crippen molar-refractivity contribution in [2.24, 2.45) is 0 Å². The van der Waals surface area contributed by atoms with Gasteiger partial charge in [-0.2, -0.15) is 13.2 Å². The number of nitrogens with one attached hydrogen (secondary N) is 1. The Morgan fingerprint density at radius 3 is 2.24 bits per heavy atom. The van der Waals surface area contributed by atoms with Gasteiger partial charge >= 0.3 is 6.18 Å². The van der Waals surface area contributed by atoms with Crippen molar-refractivity contribution in [1.82, 2.24) is 9.29 Å². The van der Waals surface area contributed by atoms with Crippen LogP contribution in [0.3, 0.4) is 0 Å². The molecule has 10 heteroatoms. The van der Waals surface area contributed by atoms with E-state index in [-0.39, 0.29) is 5.82 Å². The van der Waals surface area contributed by atoms with Gasteiger partial charge in [-0.15, -0.1) is 0 Å². The van der Waals surface area contributed by atoms with Crippen molar-refractivity contribution >= 4 is 21.7 Å². The summed E-state index contributed by atoms with van der Waals surface area (Å²) in [5.74, 6) is -0.981. The summed E-state index contributed by atoms with van der Waals surface area (Å²) in [5, 5.41) is 2.28. The SMILES string of the molecule is CC(C)(C(=O)Nc1ccc(C(F)(F)F)cn1)S(=O)(=O)N1CCCCC1. The molecule has 2 heterocycles. The standard InChI is InChI=1S/C15H20F3N3O3S/c1-14(2,25(23,24)21-8-4-3-5-9-21)13(22)20-12-7-6-11(10-19-12)15(16,17)18/h6-7,10H,3-5,8-9H2,1-2H3,(H,19,20,22). The number of halogens is 3. The van der Waals surface area contributed by atoms with Crippen LogP contribution in [0.1, 0.15) is 38.7 Å². The van der Waals surface area contributed by atoms with Crippen LogP contribution in [0.15, 0.2) is 18.3 Å². The molecule has 0 unspecified atom stereocenters. The summed E-state index contributed by atoms with van der Waals surface area (Å²) in [6.45, 7) is 3.27. The fourth-order valence-electron chi connectivity index (χ4n) is 2.45. The van der Waals surface area contributed by atoms with Crippen molar-refractivity contribution in [2.45, 2.75) is 44.0 Å². The molecule has 1 aromatic rings. The summed E-state index contributed by atoms with van der Waals surface area (Å²) >= 11 is 0. The van der Waals surface area contributed by atoms with Crippen molar-refractivity contribution in [3.05, 3.63) is 23.9 Å². The smallest absolute Gasteiger partial charge is 0.309 e. The van der Waals surface area contributed by atoms with Gasteiger partial charge in [0.15, 0.2) is 4.75 Å². The molecule has 0 atom stereocenters. The average molecular weight is 379 g/mol. The monoisotopic (exact) mass is 379 g/mol. The number of rotatable bonds is 4. The molecule has 1 amide bonds. The highest BCUT2D eigenvalue weighted by molar-refractivity contribution is 7.91. The third-order valence-electron chi connectivity index (χ3n) is 4.18. The molecular formula is C15H20F3N3O3S. The highest BCUT2D eigenvalue weighted by Gasteiger charge is 2.45. The molecule has 0 aromatic carbocycles. The molecule has 140 valence electrons. The number of anilines is 1. The normalized spacial score (nSPS) is 17.3. The molecule has 25 heavy (non-hydrogen) atoms. The van der Waals surface area contributed by atoms with Crippen LogP contribution >= 0.6 is 0 Å². The van der Waals surface area contributed by atoms with E-state index in [0.29, 0.717) is 19.3 Å². The first-order chi connectivity index (χ1) is 11.5. The quantitative estimate of drug-likeness (QED) is 0.872. The van der Waals surface area contributed by atoms with Gasteiger partial charge in [-0.1, -0.05) is 6.42 Å². The van der Waals surface area contributed by atoms with E-state index in [1.165, 1.54) is 18.2 Å². The Labute approximate surface area is 144 Å².